The van der Waals surface area contributed by atoms with Gasteiger partial charge in [-0.3, -0.25) is 0 Å². The van der Waals surface area contributed by atoms with E-state index in [1.54, 1.807) is 18.3 Å². The van der Waals surface area contributed by atoms with Crippen LogP contribution in [-0.2, 0) is 16.1 Å². The van der Waals surface area contributed by atoms with Crippen LogP contribution in [0.4, 0.5) is 0 Å². The molecule has 1 aromatic heterocycles. The highest BCUT2D eigenvalue weighted by atomic mass is 35.5. The maximum absolute atomic E-state index is 12.3. The van der Waals surface area contributed by atoms with Crippen LogP contribution in [0.1, 0.15) is 18.4 Å². The molecule has 0 amide bonds. The van der Waals surface area contributed by atoms with Crippen LogP contribution in [0.15, 0.2) is 22.8 Å². The lowest BCUT2D eigenvalue weighted by Crippen LogP contribution is -2.20. The van der Waals surface area contributed by atoms with E-state index in [9.17, 15) is 14.3 Å². The molecule has 0 saturated carbocycles. The second-order valence-electron chi connectivity index (χ2n) is 4.17. The smallest absolute Gasteiger partial charge is 0.199 e. The first-order valence-corrected chi connectivity index (χ1v) is 7.60. The van der Waals surface area contributed by atoms with Gasteiger partial charge in [-0.25, -0.2) is 19.3 Å². The minimum absolute atomic E-state index is 0.272. The van der Waals surface area contributed by atoms with Gasteiger partial charge in [0.2, 0.25) is 0 Å². The Morgan fingerprint density at radius 3 is 3.00 bits per heavy atom. The molecule has 98 valence electrons. The third-order valence-corrected chi connectivity index (χ3v) is 5.89. The molecule has 8 heteroatoms. The minimum atomic E-state index is -2.74. The molecule has 1 aromatic rings. The van der Waals surface area contributed by atoms with Crippen LogP contribution in [0, 0.1) is 10.1 Å². The van der Waals surface area contributed by atoms with Crippen molar-refractivity contribution in [3.05, 3.63) is 39.2 Å². The maximum atomic E-state index is 12.3. The molecule has 2 unspecified atom stereocenters. The molecular formula is C10H12ClN3O3S. The van der Waals surface area contributed by atoms with Gasteiger partial charge in [0.1, 0.15) is 19.4 Å². The highest BCUT2D eigenvalue weighted by Gasteiger charge is 2.32. The number of pyridine rings is 1. The Kier molecular flexibility index (Phi) is 3.82. The van der Waals surface area contributed by atoms with E-state index in [1.807, 2.05) is 0 Å². The molecule has 1 aliphatic heterocycles. The van der Waals surface area contributed by atoms with E-state index >= 15 is 0 Å². The molecule has 0 radical (unpaired) electrons. The van der Waals surface area contributed by atoms with Crippen LogP contribution < -0.4 is 0 Å². The summed E-state index contributed by atoms with van der Waals surface area (Å²) in [7, 11) is -2.74. The van der Waals surface area contributed by atoms with Crippen molar-refractivity contribution in [3.63, 3.8) is 0 Å². The van der Waals surface area contributed by atoms with Crippen molar-refractivity contribution in [1.82, 2.24) is 4.98 Å². The summed E-state index contributed by atoms with van der Waals surface area (Å²) in [5.74, 6) is 0.305. The van der Waals surface area contributed by atoms with Gasteiger partial charge in [0, 0.05) is 11.9 Å². The highest BCUT2D eigenvalue weighted by Crippen LogP contribution is 2.26. The molecule has 0 spiro atoms. The fraction of sp³-hybridized carbons (Fsp3) is 0.500. The molecule has 1 fully saturated rings. The molecule has 0 bridgehead atoms. The zero-order chi connectivity index (χ0) is 13.2. The molecule has 0 N–H and O–H groups in total. The second-order valence-corrected chi connectivity index (χ2v) is 7.18. The van der Waals surface area contributed by atoms with Gasteiger partial charge in [-0.1, -0.05) is 17.7 Å². The van der Waals surface area contributed by atoms with E-state index in [1.165, 1.54) is 0 Å². The molecule has 2 rings (SSSR count). The molecule has 1 aliphatic rings. The topological polar surface area (TPSA) is 85.5 Å². The lowest BCUT2D eigenvalue weighted by Gasteiger charge is -2.10. The predicted molar refractivity (Wildman–Crippen MR) is 68.4 cm³/mol. The number of nitrogens with zero attached hydrogens (tertiary/aromatic N) is 3. The maximum Gasteiger partial charge on any atom is 0.199 e. The zero-order valence-electron chi connectivity index (χ0n) is 9.49. The molecule has 6 nitrogen and oxygen atoms in total. The third kappa shape index (κ3) is 2.97. The fourth-order valence-electron chi connectivity index (χ4n) is 2.11. The van der Waals surface area contributed by atoms with Gasteiger partial charge in [-0.05, 0) is 30.9 Å². The van der Waals surface area contributed by atoms with Gasteiger partial charge in [0.15, 0.2) is 5.03 Å². The number of hydrogen-bond acceptors (Lipinski definition) is 4. The summed E-state index contributed by atoms with van der Waals surface area (Å²) in [6.07, 6.45) is 3.49. The normalized spacial score (nSPS) is 27.1. The van der Waals surface area contributed by atoms with Crippen LogP contribution >= 0.6 is 11.6 Å². The SMILES string of the molecule is O=[N+]([O-])N=S1(=O)CCCC1Cc1ccc(Cl)nc1. The largest absolute Gasteiger partial charge is 0.244 e. The summed E-state index contributed by atoms with van der Waals surface area (Å²) in [6.45, 7) is 0. The summed E-state index contributed by atoms with van der Waals surface area (Å²) in [5, 5.41) is 9.72. The van der Waals surface area contributed by atoms with Gasteiger partial charge in [-0.2, -0.15) is 0 Å². The van der Waals surface area contributed by atoms with Crippen LogP contribution in [0.3, 0.4) is 0 Å². The van der Waals surface area contributed by atoms with Gasteiger partial charge >= 0.3 is 0 Å². The van der Waals surface area contributed by atoms with E-state index < -0.39 is 14.8 Å². The van der Waals surface area contributed by atoms with Crippen molar-refractivity contribution in [2.45, 2.75) is 24.5 Å². The number of nitro groups is 1. The highest BCUT2D eigenvalue weighted by molar-refractivity contribution is 7.94. The first kappa shape index (κ1) is 13.2. The first-order valence-electron chi connectivity index (χ1n) is 5.48. The Labute approximate surface area is 110 Å². The fourth-order valence-corrected chi connectivity index (χ4v) is 4.57. The summed E-state index contributed by atoms with van der Waals surface area (Å²) in [5.41, 5.74) is 0.873. The van der Waals surface area contributed by atoms with E-state index in [2.05, 4.69) is 9.46 Å². The number of hydrogen-bond donors (Lipinski definition) is 0. The summed E-state index contributed by atoms with van der Waals surface area (Å²) >= 11 is 5.68. The number of rotatable bonds is 3. The Morgan fingerprint density at radius 2 is 2.39 bits per heavy atom. The van der Waals surface area contributed by atoms with Crippen molar-refractivity contribution in [2.24, 2.45) is 4.47 Å². The van der Waals surface area contributed by atoms with E-state index in [0.29, 0.717) is 30.2 Å². The van der Waals surface area contributed by atoms with Gasteiger partial charge in [-0.15, -0.1) is 0 Å². The predicted octanol–water partition coefficient (Wildman–Crippen LogP) is 2.10. The van der Waals surface area contributed by atoms with Gasteiger partial charge in [0.25, 0.3) is 0 Å². The molecule has 18 heavy (non-hydrogen) atoms. The quantitative estimate of drug-likeness (QED) is 0.484. The van der Waals surface area contributed by atoms with E-state index in [-0.39, 0.29) is 5.25 Å². The third-order valence-electron chi connectivity index (χ3n) is 2.94. The van der Waals surface area contributed by atoms with E-state index in [4.69, 9.17) is 11.6 Å². The average Bonchev–Trinajstić information content (AvgIpc) is 2.62. The molecular weight excluding hydrogens is 278 g/mol. The van der Waals surface area contributed by atoms with Crippen LogP contribution in [0.2, 0.25) is 5.15 Å². The standard InChI is InChI=1S/C10H12ClN3O3S/c11-10-4-3-8(7-12-10)6-9-2-1-5-18(9,17)13-14(15)16/h3-4,7,9H,1-2,5-6H2. The molecule has 2 heterocycles. The Bertz CT molecular complexity index is 566. The average molecular weight is 290 g/mol. The van der Waals surface area contributed by atoms with Gasteiger partial charge in [0.05, 0.1) is 5.25 Å². The number of halogens is 1. The van der Waals surface area contributed by atoms with Crippen molar-refractivity contribution in [3.8, 4) is 0 Å². The molecule has 0 aliphatic carbocycles. The minimum Gasteiger partial charge on any atom is -0.244 e. The summed E-state index contributed by atoms with van der Waals surface area (Å²) < 4.78 is 15.6. The van der Waals surface area contributed by atoms with Crippen molar-refractivity contribution >= 4 is 21.3 Å². The number of aromatic nitrogens is 1. The van der Waals surface area contributed by atoms with Crippen molar-refractivity contribution in [2.75, 3.05) is 5.75 Å². The van der Waals surface area contributed by atoms with Gasteiger partial charge < -0.3 is 0 Å². The molecule has 1 saturated heterocycles. The van der Waals surface area contributed by atoms with Crippen molar-refractivity contribution in [1.29, 1.82) is 0 Å². The Hall–Kier alpha value is -1.21. The molecule has 0 aromatic carbocycles. The Balaban J connectivity index is 2.21. The summed E-state index contributed by atoms with van der Waals surface area (Å²) in [4.78, 5) is 14.4. The van der Waals surface area contributed by atoms with Crippen molar-refractivity contribution < 1.29 is 9.24 Å². The second kappa shape index (κ2) is 5.19. The lowest BCUT2D eigenvalue weighted by atomic mass is 10.1. The van der Waals surface area contributed by atoms with Crippen LogP contribution in [0.5, 0.6) is 0 Å². The van der Waals surface area contributed by atoms with Crippen LogP contribution in [0.25, 0.3) is 0 Å². The Morgan fingerprint density at radius 1 is 1.61 bits per heavy atom. The van der Waals surface area contributed by atoms with Crippen LogP contribution in [-0.4, -0.2) is 25.2 Å². The monoisotopic (exact) mass is 289 g/mol. The van der Waals surface area contributed by atoms with E-state index in [0.717, 1.165) is 5.56 Å². The first-order chi connectivity index (χ1) is 8.49. The zero-order valence-corrected chi connectivity index (χ0v) is 11.1. The molecule has 2 atom stereocenters. The summed E-state index contributed by atoms with van der Waals surface area (Å²) in [6, 6.07) is 3.44. The lowest BCUT2D eigenvalue weighted by molar-refractivity contribution is -0.482.